The Bertz CT molecular complexity index is 241. The molecule has 2 aliphatic rings. The zero-order valence-corrected chi connectivity index (χ0v) is 13.4. The summed E-state index contributed by atoms with van der Waals surface area (Å²) in [6, 6.07) is 0. The van der Waals surface area contributed by atoms with E-state index in [4.69, 9.17) is 18.9 Å². The number of hydrogen-bond acceptors (Lipinski definition) is 4. The molecule has 0 spiro atoms. The molecule has 4 nitrogen and oxygen atoms in total. The summed E-state index contributed by atoms with van der Waals surface area (Å²) in [7, 11) is 0. The van der Waals surface area contributed by atoms with E-state index in [-0.39, 0.29) is 32.5 Å². The quantitative estimate of drug-likeness (QED) is 0.719. The first-order valence-corrected chi connectivity index (χ1v) is 9.37. The Hall–Kier alpha value is 0.630. The first kappa shape index (κ1) is 14.0. The minimum absolute atomic E-state index is 0.0751. The average Bonchev–Trinajstić information content (AvgIpc) is 2.70. The molecule has 2 fully saturated rings. The van der Waals surface area contributed by atoms with Crippen LogP contribution in [0.5, 0.6) is 0 Å². The molecule has 5 heteroatoms. The Morgan fingerprint density at radius 1 is 0.882 bits per heavy atom. The van der Waals surface area contributed by atoms with Gasteiger partial charge < -0.3 is 0 Å². The molecular weight excluding hydrogens is 336 g/mol. The van der Waals surface area contributed by atoms with Gasteiger partial charge in [-0.15, -0.1) is 0 Å². The van der Waals surface area contributed by atoms with Crippen molar-refractivity contribution in [3.63, 3.8) is 0 Å². The van der Waals surface area contributed by atoms with Crippen molar-refractivity contribution in [2.75, 3.05) is 13.2 Å². The standard InChI is InChI=1S/C12H22O4Te/c1-11(2)13-5-9(15-11)7-17-8-10-6-14-12(3,4)16-10/h9-10H,5-8H2,1-4H3/t9-,10-/m0/s1. The molecule has 2 saturated heterocycles. The van der Waals surface area contributed by atoms with Crippen LogP contribution in [0, 0.1) is 0 Å². The predicted molar refractivity (Wildman–Crippen MR) is 65.2 cm³/mol. The van der Waals surface area contributed by atoms with Crippen molar-refractivity contribution < 1.29 is 18.9 Å². The molecule has 17 heavy (non-hydrogen) atoms. The van der Waals surface area contributed by atoms with Crippen molar-refractivity contribution in [1.82, 2.24) is 0 Å². The molecule has 0 aliphatic carbocycles. The summed E-state index contributed by atoms with van der Waals surface area (Å²) >= 11 is -0.0751. The van der Waals surface area contributed by atoms with Gasteiger partial charge in [-0.3, -0.25) is 0 Å². The summed E-state index contributed by atoms with van der Waals surface area (Å²) in [4.78, 5) is 0. The molecule has 0 saturated carbocycles. The van der Waals surface area contributed by atoms with Crippen LogP contribution in [0.2, 0.25) is 8.94 Å². The summed E-state index contributed by atoms with van der Waals surface area (Å²) in [5, 5.41) is 0. The molecule has 0 unspecified atom stereocenters. The molecule has 0 aromatic rings. The van der Waals surface area contributed by atoms with Crippen LogP contribution in [0.4, 0.5) is 0 Å². The summed E-state index contributed by atoms with van der Waals surface area (Å²) in [6.45, 7) is 9.39. The van der Waals surface area contributed by atoms with Gasteiger partial charge in [0.25, 0.3) is 0 Å². The van der Waals surface area contributed by atoms with Crippen LogP contribution in [0.3, 0.4) is 0 Å². The summed E-state index contributed by atoms with van der Waals surface area (Å²) in [5.41, 5.74) is 0. The van der Waals surface area contributed by atoms with E-state index in [2.05, 4.69) is 0 Å². The Kier molecular flexibility index (Phi) is 4.40. The number of ether oxygens (including phenoxy) is 4. The first-order chi connectivity index (χ1) is 7.86. The van der Waals surface area contributed by atoms with E-state index in [1.807, 2.05) is 27.7 Å². The zero-order valence-electron chi connectivity index (χ0n) is 11.0. The van der Waals surface area contributed by atoms with Gasteiger partial charge in [-0.1, -0.05) is 0 Å². The third-order valence-corrected chi connectivity index (χ3v) is 6.21. The predicted octanol–water partition coefficient (Wildman–Crippen LogP) is 1.83. The molecule has 0 amide bonds. The van der Waals surface area contributed by atoms with E-state index in [0.29, 0.717) is 12.2 Å². The molecule has 2 atom stereocenters. The van der Waals surface area contributed by atoms with Crippen LogP contribution in [0.25, 0.3) is 0 Å². The van der Waals surface area contributed by atoms with Gasteiger partial charge in [-0.05, 0) is 0 Å². The van der Waals surface area contributed by atoms with Crippen LogP contribution in [0.1, 0.15) is 27.7 Å². The van der Waals surface area contributed by atoms with Crippen molar-refractivity contribution in [2.24, 2.45) is 0 Å². The van der Waals surface area contributed by atoms with E-state index < -0.39 is 0 Å². The van der Waals surface area contributed by atoms with E-state index in [1.165, 1.54) is 0 Å². The van der Waals surface area contributed by atoms with Gasteiger partial charge >= 0.3 is 113 Å². The van der Waals surface area contributed by atoms with Crippen LogP contribution in [-0.4, -0.2) is 57.9 Å². The maximum absolute atomic E-state index is 5.79. The van der Waals surface area contributed by atoms with Gasteiger partial charge in [0.1, 0.15) is 0 Å². The van der Waals surface area contributed by atoms with Gasteiger partial charge in [-0.2, -0.15) is 0 Å². The fraction of sp³-hybridized carbons (Fsp3) is 1.00. The normalized spacial score (nSPS) is 35.3. The molecule has 0 bridgehead atoms. The van der Waals surface area contributed by atoms with Crippen molar-refractivity contribution in [3.05, 3.63) is 0 Å². The third-order valence-electron chi connectivity index (χ3n) is 2.74. The molecule has 100 valence electrons. The summed E-state index contributed by atoms with van der Waals surface area (Å²) in [6.07, 6.45) is 0.588. The molecule has 2 aliphatic heterocycles. The van der Waals surface area contributed by atoms with Gasteiger partial charge in [0.05, 0.1) is 0 Å². The van der Waals surface area contributed by atoms with Gasteiger partial charge in [-0.25, -0.2) is 0 Å². The molecule has 2 heterocycles. The molecule has 0 N–H and O–H groups in total. The van der Waals surface area contributed by atoms with E-state index >= 15 is 0 Å². The topological polar surface area (TPSA) is 36.9 Å². The zero-order chi connectivity index (χ0) is 12.5. The fourth-order valence-electron chi connectivity index (χ4n) is 2.02. The third kappa shape index (κ3) is 4.34. The van der Waals surface area contributed by atoms with Gasteiger partial charge in [0.2, 0.25) is 0 Å². The molecule has 0 aromatic heterocycles. The molecule has 2 rings (SSSR count). The summed E-state index contributed by atoms with van der Waals surface area (Å²) in [5.74, 6) is -0.765. The van der Waals surface area contributed by atoms with E-state index in [1.54, 1.807) is 0 Å². The Balaban J connectivity index is 1.61. The molecule has 0 radical (unpaired) electrons. The number of hydrogen-bond donors (Lipinski definition) is 0. The van der Waals surface area contributed by atoms with E-state index in [0.717, 1.165) is 22.2 Å². The van der Waals surface area contributed by atoms with Gasteiger partial charge in [0.15, 0.2) is 0 Å². The van der Waals surface area contributed by atoms with E-state index in [9.17, 15) is 0 Å². The van der Waals surface area contributed by atoms with Crippen molar-refractivity contribution >= 4 is 20.9 Å². The second-order valence-corrected chi connectivity index (χ2v) is 8.51. The van der Waals surface area contributed by atoms with Crippen molar-refractivity contribution in [3.8, 4) is 0 Å². The molecule has 0 aromatic carbocycles. The Labute approximate surface area is 113 Å². The van der Waals surface area contributed by atoms with Crippen LogP contribution < -0.4 is 0 Å². The minimum atomic E-state index is -0.382. The Morgan fingerprint density at radius 2 is 1.29 bits per heavy atom. The number of rotatable bonds is 4. The van der Waals surface area contributed by atoms with Crippen LogP contribution in [-0.2, 0) is 18.9 Å². The van der Waals surface area contributed by atoms with Crippen molar-refractivity contribution in [1.29, 1.82) is 0 Å². The average molecular weight is 358 g/mol. The maximum atomic E-state index is 5.79. The molecular formula is C12H22O4Te. The second-order valence-electron chi connectivity index (χ2n) is 5.44. The van der Waals surface area contributed by atoms with Crippen LogP contribution >= 0.6 is 0 Å². The SMILES string of the molecule is CC1(C)OC[C@@H](C[Te]C[C@@H]2COC(C)(C)O2)O1. The first-order valence-electron chi connectivity index (χ1n) is 6.08. The summed E-state index contributed by atoms with van der Waals surface area (Å²) < 4.78 is 25.0. The van der Waals surface area contributed by atoms with Gasteiger partial charge in [0, 0.05) is 0 Å². The Morgan fingerprint density at radius 3 is 1.59 bits per heavy atom. The monoisotopic (exact) mass is 360 g/mol. The second kappa shape index (κ2) is 5.32. The van der Waals surface area contributed by atoms with Crippen LogP contribution in [0.15, 0.2) is 0 Å². The fourth-order valence-corrected chi connectivity index (χ4v) is 4.85. The van der Waals surface area contributed by atoms with Crippen molar-refractivity contribution in [2.45, 2.75) is 60.4 Å².